The summed E-state index contributed by atoms with van der Waals surface area (Å²) in [7, 11) is 3.08. The smallest absolute Gasteiger partial charge is 0.255 e. The topological polar surface area (TPSA) is 47.6 Å². The first-order valence-electron chi connectivity index (χ1n) is 6.23. The number of rotatable bonds is 7. The van der Waals surface area contributed by atoms with Crippen LogP contribution in [0.1, 0.15) is 30.1 Å². The Hall–Kier alpha value is -1.23. The Labute approximate surface area is 122 Å². The molecule has 0 heterocycles. The molecule has 0 saturated heterocycles. The predicted octanol–water partition coefficient (Wildman–Crippen LogP) is 3.00. The van der Waals surface area contributed by atoms with Gasteiger partial charge in [0.25, 0.3) is 5.91 Å². The Morgan fingerprint density at radius 3 is 2.68 bits per heavy atom. The molecule has 1 unspecified atom stereocenters. The molecule has 0 aliphatic rings. The quantitative estimate of drug-likeness (QED) is 0.618. The number of hydrogen-bond donors (Lipinski definition) is 1. The Morgan fingerprint density at radius 1 is 1.37 bits per heavy atom. The fourth-order valence-electron chi connectivity index (χ4n) is 1.75. The first-order chi connectivity index (χ1) is 9.10. The zero-order valence-electron chi connectivity index (χ0n) is 11.5. The molecule has 1 amide bonds. The lowest BCUT2D eigenvalue weighted by atomic mass is 10.1. The molecule has 0 bridgehead atoms. The van der Waals surface area contributed by atoms with Crippen molar-refractivity contribution < 1.29 is 14.3 Å². The van der Waals surface area contributed by atoms with Gasteiger partial charge >= 0.3 is 0 Å². The van der Waals surface area contributed by atoms with E-state index in [0.29, 0.717) is 28.4 Å². The SMILES string of the molecule is COc1cccc(C(=O)NCCCC(C)Br)c1OC. The maximum absolute atomic E-state index is 12.1. The molecule has 0 aromatic heterocycles. The summed E-state index contributed by atoms with van der Waals surface area (Å²) >= 11 is 3.48. The van der Waals surface area contributed by atoms with Crippen molar-refractivity contribution >= 4 is 21.8 Å². The van der Waals surface area contributed by atoms with Gasteiger partial charge < -0.3 is 14.8 Å². The van der Waals surface area contributed by atoms with Crippen LogP contribution in [-0.2, 0) is 0 Å². The molecule has 4 nitrogen and oxygen atoms in total. The van der Waals surface area contributed by atoms with E-state index in [1.165, 1.54) is 7.11 Å². The van der Waals surface area contributed by atoms with Crippen LogP contribution in [0.3, 0.4) is 0 Å². The van der Waals surface area contributed by atoms with E-state index in [4.69, 9.17) is 9.47 Å². The van der Waals surface area contributed by atoms with Crippen LogP contribution in [0, 0.1) is 0 Å². The highest BCUT2D eigenvalue weighted by atomic mass is 79.9. The van der Waals surface area contributed by atoms with Crippen molar-refractivity contribution in [2.24, 2.45) is 0 Å². The fourth-order valence-corrected chi connectivity index (χ4v) is 2.07. The third kappa shape index (κ3) is 4.74. The van der Waals surface area contributed by atoms with E-state index in [-0.39, 0.29) is 5.91 Å². The molecule has 0 aliphatic carbocycles. The lowest BCUT2D eigenvalue weighted by Gasteiger charge is -2.12. The summed E-state index contributed by atoms with van der Waals surface area (Å²) in [5, 5.41) is 2.89. The van der Waals surface area contributed by atoms with Gasteiger partial charge in [0.05, 0.1) is 19.8 Å². The van der Waals surface area contributed by atoms with E-state index in [2.05, 4.69) is 28.2 Å². The zero-order valence-corrected chi connectivity index (χ0v) is 13.1. The van der Waals surface area contributed by atoms with Crippen LogP contribution in [-0.4, -0.2) is 31.5 Å². The number of carbonyl (C=O) groups is 1. The predicted molar refractivity (Wildman–Crippen MR) is 79.5 cm³/mol. The summed E-state index contributed by atoms with van der Waals surface area (Å²) in [5.41, 5.74) is 0.494. The minimum absolute atomic E-state index is 0.141. The second-order valence-electron chi connectivity index (χ2n) is 4.22. The van der Waals surface area contributed by atoms with Crippen molar-refractivity contribution in [3.8, 4) is 11.5 Å². The lowest BCUT2D eigenvalue weighted by Crippen LogP contribution is -2.25. The van der Waals surface area contributed by atoms with Gasteiger partial charge in [0.2, 0.25) is 0 Å². The van der Waals surface area contributed by atoms with Gasteiger partial charge in [0.1, 0.15) is 0 Å². The molecule has 0 saturated carbocycles. The van der Waals surface area contributed by atoms with E-state index in [9.17, 15) is 4.79 Å². The minimum Gasteiger partial charge on any atom is -0.493 e. The van der Waals surface area contributed by atoms with Gasteiger partial charge in [-0.25, -0.2) is 0 Å². The Kier molecular flexibility index (Phi) is 6.70. The monoisotopic (exact) mass is 329 g/mol. The first kappa shape index (κ1) is 15.8. The van der Waals surface area contributed by atoms with Gasteiger partial charge in [-0.3, -0.25) is 4.79 Å². The van der Waals surface area contributed by atoms with Crippen LogP contribution < -0.4 is 14.8 Å². The first-order valence-corrected chi connectivity index (χ1v) is 7.15. The largest absolute Gasteiger partial charge is 0.493 e. The lowest BCUT2D eigenvalue weighted by molar-refractivity contribution is 0.0949. The minimum atomic E-state index is -0.141. The Bertz CT molecular complexity index is 421. The highest BCUT2D eigenvalue weighted by Crippen LogP contribution is 2.30. The number of nitrogens with one attached hydrogen (secondary N) is 1. The average Bonchev–Trinajstić information content (AvgIpc) is 2.42. The molecular weight excluding hydrogens is 310 g/mol. The number of benzene rings is 1. The van der Waals surface area contributed by atoms with Gasteiger partial charge in [-0.1, -0.05) is 28.9 Å². The summed E-state index contributed by atoms with van der Waals surface area (Å²) in [6, 6.07) is 5.27. The van der Waals surface area contributed by atoms with Crippen LogP contribution in [0.25, 0.3) is 0 Å². The maximum atomic E-state index is 12.1. The van der Waals surface area contributed by atoms with Crippen molar-refractivity contribution in [3.63, 3.8) is 0 Å². The molecule has 0 radical (unpaired) electrons. The molecule has 1 aromatic rings. The number of amides is 1. The number of carbonyl (C=O) groups excluding carboxylic acids is 1. The molecule has 1 rings (SSSR count). The molecule has 19 heavy (non-hydrogen) atoms. The van der Waals surface area contributed by atoms with Gasteiger partial charge in [-0.15, -0.1) is 0 Å². The van der Waals surface area contributed by atoms with E-state index in [0.717, 1.165) is 12.8 Å². The van der Waals surface area contributed by atoms with Gasteiger partial charge in [-0.2, -0.15) is 0 Å². The van der Waals surface area contributed by atoms with Crippen LogP contribution in [0.5, 0.6) is 11.5 Å². The van der Waals surface area contributed by atoms with Crippen molar-refractivity contribution in [1.82, 2.24) is 5.32 Å². The average molecular weight is 330 g/mol. The molecular formula is C14H20BrNO3. The van der Waals surface area contributed by atoms with E-state index in [1.807, 2.05) is 0 Å². The number of alkyl halides is 1. The van der Waals surface area contributed by atoms with Gasteiger partial charge in [0.15, 0.2) is 11.5 Å². The third-order valence-electron chi connectivity index (χ3n) is 2.71. The van der Waals surface area contributed by atoms with Crippen molar-refractivity contribution in [1.29, 1.82) is 0 Å². The van der Waals surface area contributed by atoms with E-state index in [1.54, 1.807) is 25.3 Å². The van der Waals surface area contributed by atoms with E-state index < -0.39 is 0 Å². The summed E-state index contributed by atoms with van der Waals surface area (Å²) < 4.78 is 10.4. The molecule has 106 valence electrons. The van der Waals surface area contributed by atoms with Crippen LogP contribution in [0.15, 0.2) is 18.2 Å². The Balaban J connectivity index is 2.66. The third-order valence-corrected chi connectivity index (χ3v) is 3.17. The summed E-state index contributed by atoms with van der Waals surface area (Å²) in [5.74, 6) is 0.888. The number of para-hydroxylation sites is 1. The molecule has 0 aliphatic heterocycles. The van der Waals surface area contributed by atoms with Crippen molar-refractivity contribution in [2.75, 3.05) is 20.8 Å². The zero-order chi connectivity index (χ0) is 14.3. The van der Waals surface area contributed by atoms with Gasteiger partial charge in [0, 0.05) is 11.4 Å². The van der Waals surface area contributed by atoms with Crippen LogP contribution >= 0.6 is 15.9 Å². The second kappa shape index (κ2) is 8.04. The molecule has 0 spiro atoms. The molecule has 1 N–H and O–H groups in total. The van der Waals surface area contributed by atoms with Crippen LogP contribution in [0.2, 0.25) is 0 Å². The highest BCUT2D eigenvalue weighted by Gasteiger charge is 2.15. The molecule has 1 aromatic carbocycles. The van der Waals surface area contributed by atoms with Gasteiger partial charge in [-0.05, 0) is 25.0 Å². The normalized spacial score (nSPS) is 11.8. The second-order valence-corrected chi connectivity index (χ2v) is 5.78. The number of ether oxygens (including phenoxy) is 2. The number of hydrogen-bond acceptors (Lipinski definition) is 3. The maximum Gasteiger partial charge on any atom is 0.255 e. The molecule has 0 fully saturated rings. The summed E-state index contributed by atoms with van der Waals surface area (Å²) in [6.07, 6.45) is 1.96. The highest BCUT2D eigenvalue weighted by molar-refractivity contribution is 9.09. The van der Waals surface area contributed by atoms with Crippen molar-refractivity contribution in [2.45, 2.75) is 24.6 Å². The summed E-state index contributed by atoms with van der Waals surface area (Å²) in [4.78, 5) is 12.5. The Morgan fingerprint density at radius 2 is 2.11 bits per heavy atom. The summed E-state index contributed by atoms with van der Waals surface area (Å²) in [6.45, 7) is 2.74. The number of halogens is 1. The fraction of sp³-hybridized carbons (Fsp3) is 0.500. The van der Waals surface area contributed by atoms with Crippen LogP contribution in [0.4, 0.5) is 0 Å². The molecule has 1 atom stereocenters. The molecule has 5 heteroatoms. The standard InChI is InChI=1S/C14H20BrNO3/c1-10(15)6-5-9-16-14(17)11-7-4-8-12(18-2)13(11)19-3/h4,7-8,10H,5-6,9H2,1-3H3,(H,16,17). The van der Waals surface area contributed by atoms with Crippen molar-refractivity contribution in [3.05, 3.63) is 23.8 Å². The number of methoxy groups -OCH3 is 2. The van der Waals surface area contributed by atoms with E-state index >= 15 is 0 Å².